The van der Waals surface area contributed by atoms with Crippen LogP contribution in [0.25, 0.3) is 15.9 Å². The Morgan fingerprint density at radius 1 is 1.24 bits per heavy atom. The van der Waals surface area contributed by atoms with E-state index in [9.17, 15) is 0 Å². The van der Waals surface area contributed by atoms with Gasteiger partial charge in [0, 0.05) is 12.7 Å². The minimum absolute atomic E-state index is 0.704. The third-order valence-electron chi connectivity index (χ3n) is 3.92. The number of aromatic nitrogens is 1. The Morgan fingerprint density at radius 3 is 2.60 bits per heavy atom. The fourth-order valence-corrected chi connectivity index (χ4v) is 3.81. The summed E-state index contributed by atoms with van der Waals surface area (Å²) in [5.74, 6) is 5.42. The Balaban J connectivity index is 1.87. The lowest BCUT2D eigenvalue weighted by molar-refractivity contribution is 0.505. The summed E-state index contributed by atoms with van der Waals surface area (Å²) in [6, 6.07) is 16.4. The second kappa shape index (κ2) is 7.88. The molecule has 3 rings (SSSR count). The number of hydrazine groups is 2. The monoisotopic (exact) mass is 371 g/mol. The minimum atomic E-state index is 0.704. The summed E-state index contributed by atoms with van der Waals surface area (Å²) in [7, 11) is 2.05. The smallest absolute Gasteiger partial charge is 0.202 e. The second-order valence-corrected chi connectivity index (χ2v) is 7.39. The summed E-state index contributed by atoms with van der Waals surface area (Å²) in [5, 5.41) is 3.16. The van der Waals surface area contributed by atoms with Gasteiger partial charge in [-0.05, 0) is 29.5 Å². The van der Waals surface area contributed by atoms with Gasteiger partial charge in [-0.25, -0.2) is 4.98 Å². The molecule has 25 heavy (non-hydrogen) atoms. The molecule has 1 heterocycles. The number of anilines is 1. The van der Waals surface area contributed by atoms with Gasteiger partial charge in [-0.15, -0.1) is 0 Å². The van der Waals surface area contributed by atoms with Crippen molar-refractivity contribution in [2.75, 3.05) is 18.3 Å². The van der Waals surface area contributed by atoms with Crippen molar-refractivity contribution in [3.05, 3.63) is 66.2 Å². The van der Waals surface area contributed by atoms with Gasteiger partial charge in [0.15, 0.2) is 0 Å². The van der Waals surface area contributed by atoms with Crippen molar-refractivity contribution in [3.63, 3.8) is 0 Å². The van der Waals surface area contributed by atoms with Gasteiger partial charge in [0.2, 0.25) is 5.13 Å². The fourth-order valence-electron chi connectivity index (χ4n) is 2.42. The van der Waals surface area contributed by atoms with E-state index in [2.05, 4.69) is 45.9 Å². The normalized spacial score (nSPS) is 11.0. The number of thiazole rings is 1. The minimum Gasteiger partial charge on any atom is -0.324 e. The Kier molecular flexibility index (Phi) is 5.60. The van der Waals surface area contributed by atoms with Crippen molar-refractivity contribution in [1.29, 1.82) is 0 Å². The van der Waals surface area contributed by atoms with Gasteiger partial charge in [-0.3, -0.25) is 10.9 Å². The highest BCUT2D eigenvalue weighted by Crippen LogP contribution is 2.31. The first kappa shape index (κ1) is 17.8. The van der Waals surface area contributed by atoms with E-state index >= 15 is 0 Å². The molecule has 0 radical (unpaired) electrons. The number of hydrogen-bond donors (Lipinski definition) is 2. The van der Waals surface area contributed by atoms with E-state index in [1.807, 2.05) is 37.4 Å². The van der Waals surface area contributed by atoms with Gasteiger partial charge < -0.3 is 5.43 Å². The SMILES string of the molecule is C=C(NN)c1ccc(CN(c2nc3ccccc3s2)N(C)SC)cc1. The highest BCUT2D eigenvalue weighted by atomic mass is 32.2. The lowest BCUT2D eigenvalue weighted by Gasteiger charge is -2.29. The molecule has 0 aliphatic carbocycles. The Hall–Kier alpha value is -2.06. The van der Waals surface area contributed by atoms with Gasteiger partial charge in [0.25, 0.3) is 0 Å². The highest BCUT2D eigenvalue weighted by molar-refractivity contribution is 7.96. The zero-order valence-electron chi connectivity index (χ0n) is 14.3. The molecule has 130 valence electrons. The third-order valence-corrected chi connectivity index (χ3v) is 5.69. The zero-order valence-corrected chi connectivity index (χ0v) is 15.9. The summed E-state index contributed by atoms with van der Waals surface area (Å²) in [5.41, 5.74) is 6.49. The molecule has 0 atom stereocenters. The van der Waals surface area contributed by atoms with Crippen molar-refractivity contribution in [1.82, 2.24) is 14.8 Å². The van der Waals surface area contributed by atoms with Crippen molar-refractivity contribution in [3.8, 4) is 0 Å². The number of rotatable bonds is 7. The maximum absolute atomic E-state index is 5.42. The molecular weight excluding hydrogens is 350 g/mol. The molecule has 0 saturated heterocycles. The largest absolute Gasteiger partial charge is 0.324 e. The fraction of sp³-hybridized carbons (Fsp3) is 0.167. The number of nitrogens with one attached hydrogen (secondary N) is 1. The standard InChI is InChI=1S/C18H21N5S2/c1-13(21-19)15-10-8-14(9-11-15)12-23(22(2)24-3)18-20-16-6-4-5-7-17(16)25-18/h4-11,21H,1,12,19H2,2-3H3. The summed E-state index contributed by atoms with van der Waals surface area (Å²) in [4.78, 5) is 4.79. The van der Waals surface area contributed by atoms with E-state index in [0.717, 1.165) is 22.8 Å². The lowest BCUT2D eigenvalue weighted by atomic mass is 10.1. The number of benzene rings is 2. The molecule has 0 unspecified atom stereocenters. The molecule has 3 aromatic rings. The summed E-state index contributed by atoms with van der Waals surface area (Å²) >= 11 is 3.35. The lowest BCUT2D eigenvalue weighted by Crippen LogP contribution is -2.34. The molecule has 2 aromatic carbocycles. The molecule has 0 saturated carbocycles. The van der Waals surface area contributed by atoms with Crippen LogP contribution in [0.15, 0.2) is 55.1 Å². The predicted octanol–water partition coefficient (Wildman–Crippen LogP) is 3.86. The first-order chi connectivity index (χ1) is 12.1. The van der Waals surface area contributed by atoms with Gasteiger partial charge in [-0.1, -0.05) is 66.3 Å². The van der Waals surface area contributed by atoms with Crippen LogP contribution in [0.3, 0.4) is 0 Å². The molecule has 0 aliphatic heterocycles. The maximum Gasteiger partial charge on any atom is 0.202 e. The van der Waals surface area contributed by atoms with Crippen LogP contribution in [0.5, 0.6) is 0 Å². The van der Waals surface area contributed by atoms with Crippen LogP contribution in [0.4, 0.5) is 5.13 Å². The van der Waals surface area contributed by atoms with E-state index in [0.29, 0.717) is 5.70 Å². The average molecular weight is 372 g/mol. The predicted molar refractivity (Wildman–Crippen MR) is 110 cm³/mol. The summed E-state index contributed by atoms with van der Waals surface area (Å²) in [6.45, 7) is 4.62. The second-order valence-electron chi connectivity index (χ2n) is 5.49. The van der Waals surface area contributed by atoms with E-state index < -0.39 is 0 Å². The number of nitrogens with two attached hydrogens (primary N) is 1. The van der Waals surface area contributed by atoms with E-state index in [-0.39, 0.29) is 0 Å². The van der Waals surface area contributed by atoms with Gasteiger partial charge in [0.05, 0.1) is 16.8 Å². The molecule has 0 aliphatic rings. The van der Waals surface area contributed by atoms with Crippen molar-refractivity contribution >= 4 is 44.3 Å². The first-order valence-corrected chi connectivity index (χ1v) is 9.78. The summed E-state index contributed by atoms with van der Waals surface area (Å²) < 4.78 is 3.30. The zero-order chi connectivity index (χ0) is 17.8. The molecule has 3 N–H and O–H groups in total. The van der Waals surface area contributed by atoms with E-state index in [1.54, 1.807) is 23.3 Å². The van der Waals surface area contributed by atoms with Crippen molar-refractivity contribution < 1.29 is 0 Å². The van der Waals surface area contributed by atoms with Crippen LogP contribution in [0.2, 0.25) is 0 Å². The summed E-state index contributed by atoms with van der Waals surface area (Å²) in [6.07, 6.45) is 2.06. The number of para-hydroxylation sites is 1. The van der Waals surface area contributed by atoms with Gasteiger partial charge in [-0.2, -0.15) is 4.41 Å². The quantitative estimate of drug-likeness (QED) is 0.374. The van der Waals surface area contributed by atoms with E-state index in [1.165, 1.54) is 10.3 Å². The van der Waals surface area contributed by atoms with Crippen molar-refractivity contribution in [2.24, 2.45) is 5.84 Å². The first-order valence-electron chi connectivity index (χ1n) is 7.78. The average Bonchev–Trinajstić information content (AvgIpc) is 3.09. The molecule has 0 fully saturated rings. The maximum atomic E-state index is 5.42. The molecule has 0 spiro atoms. The molecule has 0 bridgehead atoms. The Morgan fingerprint density at radius 2 is 1.96 bits per heavy atom. The van der Waals surface area contributed by atoms with Crippen LogP contribution in [-0.2, 0) is 6.54 Å². The van der Waals surface area contributed by atoms with Crippen molar-refractivity contribution in [2.45, 2.75) is 6.54 Å². The van der Waals surface area contributed by atoms with E-state index in [4.69, 9.17) is 10.8 Å². The topological polar surface area (TPSA) is 57.4 Å². The molecule has 1 aromatic heterocycles. The van der Waals surface area contributed by atoms with Gasteiger partial charge >= 0.3 is 0 Å². The van der Waals surface area contributed by atoms with Crippen LogP contribution in [0, 0.1) is 0 Å². The van der Waals surface area contributed by atoms with Crippen LogP contribution >= 0.6 is 23.3 Å². The number of fused-ring (bicyclic) bond motifs is 1. The Labute approximate surface area is 156 Å². The van der Waals surface area contributed by atoms with Crippen LogP contribution in [0.1, 0.15) is 11.1 Å². The molecule has 5 nitrogen and oxygen atoms in total. The Bertz CT molecular complexity index is 826. The van der Waals surface area contributed by atoms with Crippen LogP contribution < -0.4 is 16.3 Å². The third kappa shape index (κ3) is 3.96. The molecule has 7 heteroatoms. The molecular formula is C18H21N5S2. The van der Waals surface area contributed by atoms with Gasteiger partial charge in [0.1, 0.15) is 0 Å². The highest BCUT2D eigenvalue weighted by Gasteiger charge is 2.17. The van der Waals surface area contributed by atoms with Crippen LogP contribution in [-0.4, -0.2) is 22.7 Å². The number of hydrogen-bond acceptors (Lipinski definition) is 7. The number of nitrogens with zero attached hydrogens (tertiary/aromatic N) is 3. The molecule has 0 amide bonds.